The van der Waals surface area contributed by atoms with Gasteiger partial charge in [0.15, 0.2) is 0 Å². The normalized spacial score (nSPS) is 9.43. The second-order valence-corrected chi connectivity index (χ2v) is 3.08. The average Bonchev–Trinajstić information content (AvgIpc) is 2.25. The predicted molar refractivity (Wildman–Crippen MR) is 61.0 cm³/mol. The molecule has 1 nitrogen and oxygen atoms in total. The highest BCUT2D eigenvalue weighted by Gasteiger charge is 1.98. The Labute approximate surface area is 84.8 Å². The third kappa shape index (κ3) is 2.43. The molecule has 0 fully saturated rings. The molecule has 72 valence electrons. The van der Waals surface area contributed by atoms with Gasteiger partial charge in [0.1, 0.15) is 6.29 Å². The topological polar surface area (TPSA) is 17.1 Å². The van der Waals surface area contributed by atoms with Crippen LogP contribution >= 0.6 is 0 Å². The molecule has 0 aromatic heterocycles. The van der Waals surface area contributed by atoms with Gasteiger partial charge in [-0.15, -0.1) is 0 Å². The Hall–Kier alpha value is -1.63. The Kier molecular flexibility index (Phi) is 3.86. The summed E-state index contributed by atoms with van der Waals surface area (Å²) < 4.78 is 0. The van der Waals surface area contributed by atoms with E-state index >= 15 is 0 Å². The summed E-state index contributed by atoms with van der Waals surface area (Å²) in [6.45, 7) is 7.47. The minimum atomic E-state index is 0.573. The maximum absolute atomic E-state index is 10.2. The quantitative estimate of drug-likeness (QED) is 0.646. The number of rotatable bonds is 5. The first-order valence-corrected chi connectivity index (χ1v) is 4.63. The van der Waals surface area contributed by atoms with Crippen LogP contribution in [0.4, 0.5) is 0 Å². The van der Waals surface area contributed by atoms with Crippen molar-refractivity contribution < 1.29 is 4.79 Å². The fourth-order valence-electron chi connectivity index (χ4n) is 1.37. The summed E-state index contributed by atoms with van der Waals surface area (Å²) in [5.74, 6) is 0. The van der Waals surface area contributed by atoms with Gasteiger partial charge in [-0.25, -0.2) is 0 Å². The van der Waals surface area contributed by atoms with Crippen LogP contribution in [0.3, 0.4) is 0 Å². The molecule has 1 rings (SSSR count). The number of hydrogen-bond acceptors (Lipinski definition) is 1. The van der Waals surface area contributed by atoms with Crippen molar-refractivity contribution in [1.29, 1.82) is 0 Å². The lowest BCUT2D eigenvalue weighted by Crippen LogP contribution is -1.89. The van der Waals surface area contributed by atoms with Crippen molar-refractivity contribution in [3.63, 3.8) is 0 Å². The summed E-state index contributed by atoms with van der Waals surface area (Å²) in [6.07, 6.45) is 5.92. The molecule has 0 saturated heterocycles. The van der Waals surface area contributed by atoms with E-state index in [9.17, 15) is 4.79 Å². The molecule has 1 aromatic carbocycles. The molecule has 0 aliphatic rings. The Morgan fingerprint density at radius 3 is 2.43 bits per heavy atom. The molecule has 14 heavy (non-hydrogen) atoms. The maximum Gasteiger partial charge on any atom is 0.120 e. The smallest absolute Gasteiger partial charge is 0.120 e. The highest BCUT2D eigenvalue weighted by atomic mass is 16.1. The Balaban J connectivity index is 2.94. The van der Waals surface area contributed by atoms with Crippen molar-refractivity contribution >= 4 is 18.4 Å². The molecule has 0 heterocycles. The Morgan fingerprint density at radius 2 is 1.86 bits per heavy atom. The van der Waals surface area contributed by atoms with E-state index in [0.717, 1.165) is 29.4 Å². The van der Waals surface area contributed by atoms with Crippen LogP contribution in [0.25, 0.3) is 12.2 Å². The third-order valence-electron chi connectivity index (χ3n) is 2.14. The fraction of sp³-hybridized carbons (Fsp3) is 0.154. The second-order valence-electron chi connectivity index (χ2n) is 3.08. The van der Waals surface area contributed by atoms with Gasteiger partial charge in [0.2, 0.25) is 0 Å². The van der Waals surface area contributed by atoms with Gasteiger partial charge in [-0.1, -0.05) is 43.5 Å². The van der Waals surface area contributed by atoms with E-state index in [1.807, 2.05) is 18.2 Å². The number of aldehydes is 1. The zero-order chi connectivity index (χ0) is 10.4. The first kappa shape index (κ1) is 10.5. The first-order valence-electron chi connectivity index (χ1n) is 4.63. The monoisotopic (exact) mass is 186 g/mol. The minimum Gasteiger partial charge on any atom is -0.303 e. The van der Waals surface area contributed by atoms with E-state index < -0.39 is 0 Å². The van der Waals surface area contributed by atoms with E-state index in [4.69, 9.17) is 0 Å². The Bertz CT molecular complexity index is 350. The number of benzene rings is 1. The highest BCUT2D eigenvalue weighted by molar-refractivity contribution is 5.64. The summed E-state index contributed by atoms with van der Waals surface area (Å²) in [4.78, 5) is 10.2. The molecule has 0 radical (unpaired) electrons. The lowest BCUT2D eigenvalue weighted by Gasteiger charge is -2.04. The molecule has 1 heteroatoms. The lowest BCUT2D eigenvalue weighted by molar-refractivity contribution is -0.107. The van der Waals surface area contributed by atoms with Crippen molar-refractivity contribution in [1.82, 2.24) is 0 Å². The van der Waals surface area contributed by atoms with Crippen LogP contribution in [0.1, 0.15) is 23.1 Å². The van der Waals surface area contributed by atoms with Crippen molar-refractivity contribution in [3.8, 4) is 0 Å². The SMILES string of the molecule is C=Cc1ccc(CCC=O)cc1C=C. The van der Waals surface area contributed by atoms with E-state index in [-0.39, 0.29) is 0 Å². The van der Waals surface area contributed by atoms with Crippen LogP contribution in [-0.2, 0) is 11.2 Å². The third-order valence-corrected chi connectivity index (χ3v) is 2.14. The molecule has 0 N–H and O–H groups in total. The van der Waals surface area contributed by atoms with Gasteiger partial charge in [0, 0.05) is 6.42 Å². The molecule has 0 saturated carbocycles. The van der Waals surface area contributed by atoms with Crippen LogP contribution in [0.2, 0.25) is 0 Å². The van der Waals surface area contributed by atoms with Crippen molar-refractivity contribution in [2.45, 2.75) is 12.8 Å². The average molecular weight is 186 g/mol. The van der Waals surface area contributed by atoms with E-state index in [0.29, 0.717) is 6.42 Å². The van der Waals surface area contributed by atoms with E-state index in [2.05, 4.69) is 13.2 Å². The second kappa shape index (κ2) is 5.18. The largest absolute Gasteiger partial charge is 0.303 e. The molecule has 0 atom stereocenters. The van der Waals surface area contributed by atoms with Crippen LogP contribution in [0.15, 0.2) is 31.4 Å². The van der Waals surface area contributed by atoms with Crippen molar-refractivity contribution in [2.75, 3.05) is 0 Å². The summed E-state index contributed by atoms with van der Waals surface area (Å²) >= 11 is 0. The lowest BCUT2D eigenvalue weighted by atomic mass is 10.0. The molecule has 0 aliphatic carbocycles. The number of carbonyl (C=O) groups is 1. The predicted octanol–water partition coefficient (Wildman–Crippen LogP) is 3.10. The fourth-order valence-corrected chi connectivity index (χ4v) is 1.37. The molecule has 0 amide bonds. The van der Waals surface area contributed by atoms with Crippen LogP contribution < -0.4 is 0 Å². The van der Waals surface area contributed by atoms with Crippen molar-refractivity contribution in [2.24, 2.45) is 0 Å². The van der Waals surface area contributed by atoms with Gasteiger partial charge in [0.25, 0.3) is 0 Å². The zero-order valence-electron chi connectivity index (χ0n) is 8.20. The summed E-state index contributed by atoms with van der Waals surface area (Å²) in [7, 11) is 0. The number of aryl methyl sites for hydroxylation is 1. The van der Waals surface area contributed by atoms with Gasteiger partial charge < -0.3 is 4.79 Å². The zero-order valence-corrected chi connectivity index (χ0v) is 8.20. The first-order chi connectivity index (χ1) is 6.81. The molecule has 0 spiro atoms. The van der Waals surface area contributed by atoms with E-state index in [1.165, 1.54) is 0 Å². The highest BCUT2D eigenvalue weighted by Crippen LogP contribution is 2.15. The van der Waals surface area contributed by atoms with Gasteiger partial charge >= 0.3 is 0 Å². The molecule has 1 aromatic rings. The molecule has 0 unspecified atom stereocenters. The summed E-state index contributed by atoms with van der Waals surface area (Å²) in [5, 5.41) is 0. The standard InChI is InChI=1S/C13H14O/c1-3-12-8-7-11(6-5-9-14)10-13(12)4-2/h3-4,7-10H,1-2,5-6H2. The van der Waals surface area contributed by atoms with Gasteiger partial charge in [-0.3, -0.25) is 0 Å². The van der Waals surface area contributed by atoms with Gasteiger partial charge in [0.05, 0.1) is 0 Å². The van der Waals surface area contributed by atoms with Crippen LogP contribution in [-0.4, -0.2) is 6.29 Å². The summed E-state index contributed by atoms with van der Waals surface area (Å²) in [5.41, 5.74) is 3.32. The minimum absolute atomic E-state index is 0.573. The Morgan fingerprint density at radius 1 is 1.14 bits per heavy atom. The molecular formula is C13H14O. The number of carbonyl (C=O) groups excluding carboxylic acids is 1. The molecular weight excluding hydrogens is 172 g/mol. The summed E-state index contributed by atoms with van der Waals surface area (Å²) in [6, 6.07) is 6.07. The van der Waals surface area contributed by atoms with E-state index in [1.54, 1.807) is 12.2 Å². The van der Waals surface area contributed by atoms with Crippen LogP contribution in [0.5, 0.6) is 0 Å². The number of hydrogen-bond donors (Lipinski definition) is 0. The van der Waals surface area contributed by atoms with Gasteiger partial charge in [-0.05, 0) is 23.1 Å². The van der Waals surface area contributed by atoms with Crippen LogP contribution in [0, 0.1) is 0 Å². The maximum atomic E-state index is 10.2. The molecule has 0 bridgehead atoms. The van der Waals surface area contributed by atoms with Gasteiger partial charge in [-0.2, -0.15) is 0 Å². The van der Waals surface area contributed by atoms with Crippen molar-refractivity contribution in [3.05, 3.63) is 48.0 Å². The molecule has 0 aliphatic heterocycles.